The summed E-state index contributed by atoms with van der Waals surface area (Å²) in [5.41, 5.74) is 6.12. The summed E-state index contributed by atoms with van der Waals surface area (Å²) in [4.78, 5) is 0. The van der Waals surface area contributed by atoms with Crippen molar-refractivity contribution in [2.45, 2.75) is 72.1 Å². The Bertz CT molecular complexity index is 710. The molecule has 2 aromatic rings. The first-order valence-electron chi connectivity index (χ1n) is 10.1. The molecule has 2 rings (SSSR count). The summed E-state index contributed by atoms with van der Waals surface area (Å²) in [5, 5.41) is 0. The Morgan fingerprint density at radius 3 is 2.04 bits per heavy atom. The number of unbranched alkanes of at least 4 members (excludes halogenated alkanes) is 4. The molecule has 0 aliphatic heterocycles. The number of benzene rings is 2. The van der Waals surface area contributed by atoms with Crippen molar-refractivity contribution in [3.8, 4) is 11.1 Å². The van der Waals surface area contributed by atoms with Gasteiger partial charge in [0.1, 0.15) is 5.82 Å². The maximum Gasteiger partial charge on any atom is 0.127 e. The van der Waals surface area contributed by atoms with Gasteiger partial charge in [0.05, 0.1) is 0 Å². The van der Waals surface area contributed by atoms with Crippen molar-refractivity contribution in [3.63, 3.8) is 0 Å². The van der Waals surface area contributed by atoms with E-state index in [-0.39, 0.29) is 5.82 Å². The summed E-state index contributed by atoms with van der Waals surface area (Å²) in [7, 11) is 0. The predicted molar refractivity (Wildman–Crippen MR) is 113 cm³/mol. The van der Waals surface area contributed by atoms with E-state index in [0.717, 1.165) is 59.9 Å². The zero-order valence-corrected chi connectivity index (χ0v) is 16.7. The van der Waals surface area contributed by atoms with Crippen LogP contribution in [0.2, 0.25) is 0 Å². The lowest BCUT2D eigenvalue weighted by Gasteiger charge is -2.14. The minimum atomic E-state index is -0.0939. The van der Waals surface area contributed by atoms with Crippen LogP contribution in [0.1, 0.15) is 76.0 Å². The van der Waals surface area contributed by atoms with Gasteiger partial charge in [0, 0.05) is 0 Å². The van der Waals surface area contributed by atoms with Crippen LogP contribution in [-0.4, -0.2) is 0 Å². The average molecular weight is 353 g/mol. The molecule has 0 unspecified atom stereocenters. The first-order chi connectivity index (χ1) is 12.6. The third-order valence-electron chi connectivity index (χ3n) is 5.04. The molecule has 0 atom stereocenters. The van der Waals surface area contributed by atoms with E-state index in [2.05, 4.69) is 50.8 Å². The van der Waals surface area contributed by atoms with Crippen molar-refractivity contribution < 1.29 is 4.39 Å². The van der Waals surface area contributed by atoms with Gasteiger partial charge in [-0.05, 0) is 72.6 Å². The van der Waals surface area contributed by atoms with Gasteiger partial charge in [-0.25, -0.2) is 4.39 Å². The zero-order chi connectivity index (χ0) is 18.9. The molecule has 0 saturated heterocycles. The predicted octanol–water partition coefficient (Wildman–Crippen LogP) is 7.99. The summed E-state index contributed by atoms with van der Waals surface area (Å²) in [6.45, 7) is 10.4. The molecule has 0 fully saturated rings. The Morgan fingerprint density at radius 1 is 0.846 bits per heavy atom. The van der Waals surface area contributed by atoms with E-state index in [1.165, 1.54) is 24.8 Å². The first-order valence-corrected chi connectivity index (χ1v) is 10.1. The summed E-state index contributed by atoms with van der Waals surface area (Å²) < 4.78 is 14.8. The molecule has 0 aliphatic carbocycles. The molecular weight excluding hydrogens is 319 g/mol. The van der Waals surface area contributed by atoms with E-state index >= 15 is 0 Å². The van der Waals surface area contributed by atoms with Crippen molar-refractivity contribution >= 4 is 5.57 Å². The molecule has 0 heterocycles. The van der Waals surface area contributed by atoms with Crippen LogP contribution in [0.25, 0.3) is 16.7 Å². The van der Waals surface area contributed by atoms with Gasteiger partial charge >= 0.3 is 0 Å². The summed E-state index contributed by atoms with van der Waals surface area (Å²) in [5.74, 6) is -0.0939. The third kappa shape index (κ3) is 5.56. The Morgan fingerprint density at radius 2 is 1.46 bits per heavy atom. The summed E-state index contributed by atoms with van der Waals surface area (Å²) >= 11 is 0. The van der Waals surface area contributed by atoms with Gasteiger partial charge in [0.25, 0.3) is 0 Å². The number of aryl methyl sites for hydroxylation is 1. The fourth-order valence-electron chi connectivity index (χ4n) is 3.43. The number of halogens is 1. The Kier molecular flexibility index (Phi) is 8.09. The van der Waals surface area contributed by atoms with E-state index in [1.807, 2.05) is 6.92 Å². The Labute approximate surface area is 159 Å². The van der Waals surface area contributed by atoms with Crippen LogP contribution in [0.4, 0.5) is 4.39 Å². The highest BCUT2D eigenvalue weighted by molar-refractivity contribution is 5.73. The average Bonchev–Trinajstić information content (AvgIpc) is 2.63. The van der Waals surface area contributed by atoms with Gasteiger partial charge in [-0.3, -0.25) is 0 Å². The second-order valence-corrected chi connectivity index (χ2v) is 7.38. The van der Waals surface area contributed by atoms with Crippen LogP contribution in [0.5, 0.6) is 0 Å². The van der Waals surface area contributed by atoms with Crippen LogP contribution in [0, 0.1) is 5.82 Å². The number of hydrogen-bond acceptors (Lipinski definition) is 0. The molecule has 0 nitrogen and oxygen atoms in total. The first kappa shape index (κ1) is 20.4. The van der Waals surface area contributed by atoms with E-state index in [1.54, 1.807) is 6.07 Å². The van der Waals surface area contributed by atoms with Gasteiger partial charge in [-0.15, -0.1) is 0 Å². The largest absolute Gasteiger partial charge is 0.207 e. The van der Waals surface area contributed by atoms with Gasteiger partial charge in [-0.1, -0.05) is 75.9 Å². The maximum absolute atomic E-state index is 14.8. The zero-order valence-electron chi connectivity index (χ0n) is 16.7. The smallest absolute Gasteiger partial charge is 0.127 e. The standard InChI is InChI=1S/C25H33F/c1-5-7-9-11-20-13-15-21(16-14-20)22-17-24(19(3)4)23(25(26)18-22)12-10-8-6-2/h13-18H,3,5-12H2,1-2,4H3. The normalized spacial score (nSPS) is 10.9. The van der Waals surface area contributed by atoms with Crippen LogP contribution < -0.4 is 0 Å². The van der Waals surface area contributed by atoms with Gasteiger partial charge < -0.3 is 0 Å². The molecule has 2 aromatic carbocycles. The number of hydrogen-bond donors (Lipinski definition) is 0. The molecule has 0 N–H and O–H groups in total. The van der Waals surface area contributed by atoms with Crippen molar-refractivity contribution in [3.05, 3.63) is 65.5 Å². The van der Waals surface area contributed by atoms with E-state index in [0.29, 0.717) is 0 Å². The van der Waals surface area contributed by atoms with Crippen molar-refractivity contribution in [1.82, 2.24) is 0 Å². The topological polar surface area (TPSA) is 0 Å². The second kappa shape index (κ2) is 10.3. The van der Waals surface area contributed by atoms with Crippen LogP contribution in [0.15, 0.2) is 43.0 Å². The van der Waals surface area contributed by atoms with E-state index in [4.69, 9.17) is 0 Å². The molecule has 0 radical (unpaired) electrons. The van der Waals surface area contributed by atoms with Crippen molar-refractivity contribution in [2.75, 3.05) is 0 Å². The molecule has 140 valence electrons. The lowest BCUT2D eigenvalue weighted by Crippen LogP contribution is -1.99. The monoisotopic (exact) mass is 352 g/mol. The highest BCUT2D eigenvalue weighted by atomic mass is 19.1. The summed E-state index contributed by atoms with van der Waals surface area (Å²) in [6, 6.07) is 12.4. The lowest BCUT2D eigenvalue weighted by atomic mass is 9.92. The number of rotatable bonds is 10. The van der Waals surface area contributed by atoms with Crippen molar-refractivity contribution in [1.29, 1.82) is 0 Å². The highest BCUT2D eigenvalue weighted by Gasteiger charge is 2.12. The van der Waals surface area contributed by atoms with Crippen LogP contribution in [-0.2, 0) is 12.8 Å². The lowest BCUT2D eigenvalue weighted by molar-refractivity contribution is 0.598. The van der Waals surface area contributed by atoms with E-state index < -0.39 is 0 Å². The molecular formula is C25H33F. The molecule has 0 aliphatic rings. The van der Waals surface area contributed by atoms with Crippen LogP contribution >= 0.6 is 0 Å². The molecule has 0 saturated carbocycles. The molecule has 26 heavy (non-hydrogen) atoms. The summed E-state index contributed by atoms with van der Waals surface area (Å²) in [6.07, 6.45) is 8.97. The molecule has 0 amide bonds. The highest BCUT2D eigenvalue weighted by Crippen LogP contribution is 2.30. The second-order valence-electron chi connectivity index (χ2n) is 7.38. The van der Waals surface area contributed by atoms with Crippen LogP contribution in [0.3, 0.4) is 0 Å². The fraction of sp³-hybridized carbons (Fsp3) is 0.440. The van der Waals surface area contributed by atoms with Gasteiger partial charge in [0.2, 0.25) is 0 Å². The fourth-order valence-corrected chi connectivity index (χ4v) is 3.43. The minimum Gasteiger partial charge on any atom is -0.207 e. The SMILES string of the molecule is C=C(C)c1cc(-c2ccc(CCCCC)cc2)cc(F)c1CCCCC. The number of allylic oxidation sites excluding steroid dienone is 1. The third-order valence-corrected chi connectivity index (χ3v) is 5.04. The maximum atomic E-state index is 14.8. The van der Waals surface area contributed by atoms with Gasteiger partial charge in [-0.2, -0.15) is 0 Å². The Hall–Kier alpha value is -1.89. The molecule has 0 bridgehead atoms. The molecule has 1 heteroatoms. The quantitative estimate of drug-likeness (QED) is 0.380. The van der Waals surface area contributed by atoms with E-state index in [9.17, 15) is 4.39 Å². The minimum absolute atomic E-state index is 0.0939. The Balaban J connectivity index is 2.25. The van der Waals surface area contributed by atoms with Crippen molar-refractivity contribution in [2.24, 2.45) is 0 Å². The molecule has 0 spiro atoms. The molecule has 0 aromatic heterocycles. The van der Waals surface area contributed by atoms with Gasteiger partial charge in [0.15, 0.2) is 0 Å².